The number of urea groups is 1. The first-order chi connectivity index (χ1) is 18.7. The number of aromatic carboxylic acids is 1. The van der Waals surface area contributed by atoms with E-state index in [1.54, 1.807) is 53.4 Å². The van der Waals surface area contributed by atoms with Crippen LogP contribution in [0.4, 0.5) is 35.0 Å². The number of alkyl halides is 3. The van der Waals surface area contributed by atoms with Crippen molar-refractivity contribution in [3.8, 4) is 11.4 Å². The van der Waals surface area contributed by atoms with Crippen LogP contribution in [-0.2, 0) is 6.18 Å². The van der Waals surface area contributed by atoms with Crippen molar-refractivity contribution in [2.75, 3.05) is 28.6 Å². The van der Waals surface area contributed by atoms with Crippen LogP contribution in [0.15, 0.2) is 91.3 Å². The number of halogens is 3. The van der Waals surface area contributed by atoms with Crippen LogP contribution in [0.2, 0.25) is 0 Å². The number of rotatable bonds is 7. The molecule has 0 bridgehead atoms. The van der Waals surface area contributed by atoms with E-state index in [9.17, 15) is 27.9 Å². The number of ether oxygens (including phenoxy) is 1. The Morgan fingerprint density at radius 2 is 1.54 bits per heavy atom. The highest BCUT2D eigenvalue weighted by atomic mass is 19.4. The minimum absolute atomic E-state index is 0.0191. The van der Waals surface area contributed by atoms with Crippen LogP contribution >= 0.6 is 0 Å². The predicted molar refractivity (Wildman–Crippen MR) is 140 cm³/mol. The molecule has 3 N–H and O–H groups in total. The Morgan fingerprint density at radius 3 is 2.21 bits per heavy atom. The summed E-state index contributed by atoms with van der Waals surface area (Å²) in [5.74, 6) is -0.431. The first kappa shape index (κ1) is 25.7. The second kappa shape index (κ2) is 10.4. The van der Waals surface area contributed by atoms with Crippen molar-refractivity contribution in [2.24, 2.45) is 0 Å². The van der Waals surface area contributed by atoms with Crippen LogP contribution in [-0.4, -0.2) is 40.9 Å². The molecule has 1 aromatic heterocycles. The minimum atomic E-state index is -4.51. The third-order valence-electron chi connectivity index (χ3n) is 6.16. The van der Waals surface area contributed by atoms with Gasteiger partial charge in [0, 0.05) is 23.8 Å². The Balaban J connectivity index is 1.17. The lowest BCUT2D eigenvalue weighted by Crippen LogP contribution is -2.54. The highest BCUT2D eigenvalue weighted by Crippen LogP contribution is 2.33. The highest BCUT2D eigenvalue weighted by molar-refractivity contribution is 5.99. The number of anilines is 3. The van der Waals surface area contributed by atoms with Gasteiger partial charge in [0.25, 0.3) is 0 Å². The first-order valence-electron chi connectivity index (χ1n) is 11.9. The molecule has 8 nitrogen and oxygen atoms in total. The Labute approximate surface area is 221 Å². The maximum Gasteiger partial charge on any atom is 0.416 e. The van der Waals surface area contributed by atoms with Gasteiger partial charge in [-0.1, -0.05) is 12.1 Å². The third kappa shape index (κ3) is 5.82. The van der Waals surface area contributed by atoms with E-state index in [2.05, 4.69) is 10.6 Å². The van der Waals surface area contributed by atoms with Gasteiger partial charge < -0.3 is 29.9 Å². The monoisotopic (exact) mass is 536 g/mol. The van der Waals surface area contributed by atoms with Crippen molar-refractivity contribution in [1.29, 1.82) is 0 Å². The fourth-order valence-electron chi connectivity index (χ4n) is 4.30. The zero-order valence-electron chi connectivity index (χ0n) is 20.4. The SMILES string of the molecule is O=C(Nc1ccc(OC2CN(c3cccc(C(=O)O)c3-n3cccc3)C2)cc1)Nc1cccc(C(F)(F)F)c1. The molecule has 1 fully saturated rings. The van der Waals surface area contributed by atoms with E-state index in [0.717, 1.165) is 17.8 Å². The number of carboxylic acids is 1. The molecule has 0 spiro atoms. The van der Waals surface area contributed by atoms with Gasteiger partial charge in [0.1, 0.15) is 11.9 Å². The van der Waals surface area contributed by atoms with Gasteiger partial charge in [0.2, 0.25) is 0 Å². The van der Waals surface area contributed by atoms with Crippen molar-refractivity contribution in [2.45, 2.75) is 12.3 Å². The summed E-state index contributed by atoms with van der Waals surface area (Å²) in [4.78, 5) is 26.1. The second-order valence-electron chi connectivity index (χ2n) is 8.90. The van der Waals surface area contributed by atoms with Gasteiger partial charge in [-0.3, -0.25) is 0 Å². The molecule has 1 aliphatic rings. The van der Waals surface area contributed by atoms with E-state index in [0.29, 0.717) is 30.2 Å². The number of carboxylic acid groups (broad SMARTS) is 1. The molecule has 200 valence electrons. The van der Waals surface area contributed by atoms with E-state index in [1.165, 1.54) is 12.1 Å². The van der Waals surface area contributed by atoms with Gasteiger partial charge in [-0.2, -0.15) is 13.2 Å². The molecule has 0 radical (unpaired) electrons. The molecule has 2 heterocycles. The summed E-state index contributed by atoms with van der Waals surface area (Å²) in [6.07, 6.45) is -1.03. The molecule has 1 aliphatic heterocycles. The number of nitrogens with zero attached hydrogens (tertiary/aromatic N) is 2. The zero-order valence-corrected chi connectivity index (χ0v) is 20.4. The maximum absolute atomic E-state index is 12.9. The van der Waals surface area contributed by atoms with E-state index >= 15 is 0 Å². The molecule has 1 saturated heterocycles. The van der Waals surface area contributed by atoms with E-state index in [1.807, 2.05) is 23.1 Å². The molecule has 39 heavy (non-hydrogen) atoms. The lowest BCUT2D eigenvalue weighted by Gasteiger charge is -2.41. The van der Waals surface area contributed by atoms with Gasteiger partial charge in [0.15, 0.2) is 0 Å². The lowest BCUT2D eigenvalue weighted by atomic mass is 10.1. The van der Waals surface area contributed by atoms with Crippen LogP contribution < -0.4 is 20.3 Å². The van der Waals surface area contributed by atoms with Crippen molar-refractivity contribution in [1.82, 2.24) is 4.57 Å². The summed E-state index contributed by atoms with van der Waals surface area (Å²) in [6.45, 7) is 1.10. The van der Waals surface area contributed by atoms with Gasteiger partial charge in [-0.15, -0.1) is 0 Å². The quantitative estimate of drug-likeness (QED) is 0.265. The molecule has 0 unspecified atom stereocenters. The summed E-state index contributed by atoms with van der Waals surface area (Å²) < 4.78 is 46.4. The minimum Gasteiger partial charge on any atom is -0.487 e. The number of amides is 2. The summed E-state index contributed by atoms with van der Waals surface area (Å²) in [5.41, 5.74) is 1.18. The molecule has 0 atom stereocenters. The Hall–Kier alpha value is -4.93. The average molecular weight is 537 g/mol. The number of aromatic nitrogens is 1. The topological polar surface area (TPSA) is 95.8 Å². The van der Waals surface area contributed by atoms with Crippen LogP contribution in [0.1, 0.15) is 15.9 Å². The Morgan fingerprint density at radius 1 is 0.872 bits per heavy atom. The van der Waals surface area contributed by atoms with Crippen molar-refractivity contribution in [3.63, 3.8) is 0 Å². The molecule has 0 saturated carbocycles. The van der Waals surface area contributed by atoms with Crippen molar-refractivity contribution < 1.29 is 32.6 Å². The molecule has 3 aromatic carbocycles. The van der Waals surface area contributed by atoms with Gasteiger partial charge in [0.05, 0.1) is 35.6 Å². The molecule has 2 amide bonds. The number of carbonyl (C=O) groups excluding carboxylic acids is 1. The second-order valence-corrected chi connectivity index (χ2v) is 8.90. The first-order valence-corrected chi connectivity index (χ1v) is 11.9. The normalized spacial score (nSPS) is 13.5. The smallest absolute Gasteiger partial charge is 0.416 e. The van der Waals surface area contributed by atoms with Crippen molar-refractivity contribution in [3.05, 3.63) is 102 Å². The maximum atomic E-state index is 12.9. The van der Waals surface area contributed by atoms with E-state index in [-0.39, 0.29) is 17.4 Å². The number of para-hydroxylation sites is 1. The van der Waals surface area contributed by atoms with Crippen LogP contribution in [0.25, 0.3) is 5.69 Å². The molecule has 4 aromatic rings. The number of hydrogen-bond acceptors (Lipinski definition) is 4. The number of nitrogens with one attached hydrogen (secondary N) is 2. The number of carbonyl (C=O) groups is 2. The standard InChI is InChI=1S/C28H23F3N4O4/c29-28(30,31)18-5-3-6-20(15-18)33-27(38)32-19-9-11-21(12-10-19)39-22-16-35(17-22)24-8-4-7-23(26(36)37)25(24)34-13-1-2-14-34/h1-15,22H,16-17H2,(H,36,37)(H2,32,33,38). The summed E-state index contributed by atoms with van der Waals surface area (Å²) in [6, 6.07) is 19.1. The summed E-state index contributed by atoms with van der Waals surface area (Å²) in [7, 11) is 0. The fraction of sp³-hybridized carbons (Fsp3) is 0.143. The van der Waals surface area contributed by atoms with Gasteiger partial charge >= 0.3 is 18.2 Å². The van der Waals surface area contributed by atoms with Gasteiger partial charge in [-0.25, -0.2) is 9.59 Å². The van der Waals surface area contributed by atoms with Crippen LogP contribution in [0.5, 0.6) is 5.75 Å². The summed E-state index contributed by atoms with van der Waals surface area (Å²) in [5, 5.41) is 14.6. The molecule has 5 rings (SSSR count). The van der Waals surface area contributed by atoms with Crippen LogP contribution in [0.3, 0.4) is 0 Å². The Bertz CT molecular complexity index is 1480. The van der Waals surface area contributed by atoms with Crippen LogP contribution in [0, 0.1) is 0 Å². The predicted octanol–water partition coefficient (Wildman–Crippen LogP) is 6.11. The fourth-order valence-corrected chi connectivity index (χ4v) is 4.30. The largest absolute Gasteiger partial charge is 0.487 e. The molecule has 0 aliphatic carbocycles. The highest BCUT2D eigenvalue weighted by Gasteiger charge is 2.32. The van der Waals surface area contributed by atoms with Gasteiger partial charge in [-0.05, 0) is 66.7 Å². The average Bonchev–Trinajstić information content (AvgIpc) is 3.41. The molecule has 11 heteroatoms. The lowest BCUT2D eigenvalue weighted by molar-refractivity contribution is -0.137. The number of benzene rings is 3. The molecular formula is C28H23F3N4O4. The van der Waals surface area contributed by atoms with Crippen molar-refractivity contribution >= 4 is 29.1 Å². The number of hydrogen-bond donors (Lipinski definition) is 3. The van der Waals surface area contributed by atoms with E-state index in [4.69, 9.17) is 4.74 Å². The summed E-state index contributed by atoms with van der Waals surface area (Å²) >= 11 is 0. The third-order valence-corrected chi connectivity index (χ3v) is 6.16. The molecular weight excluding hydrogens is 513 g/mol. The zero-order chi connectivity index (χ0) is 27.6. The van der Waals surface area contributed by atoms with E-state index < -0.39 is 23.7 Å². The Kier molecular flexibility index (Phi) is 6.88.